The van der Waals surface area contributed by atoms with Gasteiger partial charge in [0.2, 0.25) is 0 Å². The molecular weight excluding hydrogens is 272 g/mol. The van der Waals surface area contributed by atoms with E-state index in [1.54, 1.807) is 11.8 Å². The van der Waals surface area contributed by atoms with Gasteiger partial charge in [0.1, 0.15) is 4.99 Å². The van der Waals surface area contributed by atoms with E-state index < -0.39 is 0 Å². The van der Waals surface area contributed by atoms with Crippen molar-refractivity contribution in [1.29, 1.82) is 0 Å². The molecule has 0 spiro atoms. The van der Waals surface area contributed by atoms with E-state index in [4.69, 9.17) is 18.0 Å². The van der Waals surface area contributed by atoms with E-state index in [1.807, 2.05) is 0 Å². The Kier molecular flexibility index (Phi) is 5.11. The van der Waals surface area contributed by atoms with Gasteiger partial charge >= 0.3 is 0 Å². The predicted molar refractivity (Wildman–Crippen MR) is 89.2 cm³/mol. The third-order valence-corrected chi connectivity index (χ3v) is 4.85. The van der Waals surface area contributed by atoms with Crippen LogP contribution >= 0.6 is 24.0 Å². The second-order valence-electron chi connectivity index (χ2n) is 5.35. The van der Waals surface area contributed by atoms with Crippen LogP contribution in [0.15, 0.2) is 23.1 Å². The van der Waals surface area contributed by atoms with Gasteiger partial charge < -0.3 is 11.1 Å². The largest absolute Gasteiger partial charge is 0.389 e. The lowest BCUT2D eigenvalue weighted by atomic mass is 9.87. The van der Waals surface area contributed by atoms with Crippen molar-refractivity contribution in [1.82, 2.24) is 0 Å². The molecule has 0 amide bonds. The highest BCUT2D eigenvalue weighted by molar-refractivity contribution is 7.98. The molecule has 1 saturated carbocycles. The van der Waals surface area contributed by atoms with E-state index in [0.29, 0.717) is 11.0 Å². The number of thiocarbonyl (C=S) groups is 1. The SMILES string of the molecule is CSc1cccc(NC2CCC(C)CC2)c1C(N)=S. The minimum Gasteiger partial charge on any atom is -0.389 e. The van der Waals surface area contributed by atoms with Gasteiger partial charge in [-0.1, -0.05) is 25.2 Å². The molecular formula is C15H22N2S2. The predicted octanol–water partition coefficient (Wildman–Crippen LogP) is 4.03. The Balaban J connectivity index is 2.17. The summed E-state index contributed by atoms with van der Waals surface area (Å²) in [6, 6.07) is 6.79. The molecule has 2 nitrogen and oxygen atoms in total. The zero-order valence-corrected chi connectivity index (χ0v) is 13.2. The van der Waals surface area contributed by atoms with E-state index in [1.165, 1.54) is 25.7 Å². The Morgan fingerprint density at radius 2 is 2.00 bits per heavy atom. The van der Waals surface area contributed by atoms with Crippen LogP contribution in [0.25, 0.3) is 0 Å². The number of thioether (sulfide) groups is 1. The summed E-state index contributed by atoms with van der Waals surface area (Å²) in [5.41, 5.74) is 8.00. The van der Waals surface area contributed by atoms with Crippen molar-refractivity contribution in [2.45, 2.75) is 43.5 Å². The monoisotopic (exact) mass is 294 g/mol. The van der Waals surface area contributed by atoms with Crippen molar-refractivity contribution in [3.63, 3.8) is 0 Å². The molecule has 0 saturated heterocycles. The summed E-state index contributed by atoms with van der Waals surface area (Å²) in [7, 11) is 0. The van der Waals surface area contributed by atoms with E-state index in [2.05, 4.69) is 36.7 Å². The smallest absolute Gasteiger partial charge is 0.107 e. The fraction of sp³-hybridized carbons (Fsp3) is 0.533. The van der Waals surface area contributed by atoms with Crippen LogP contribution in [0.2, 0.25) is 0 Å². The fourth-order valence-corrected chi connectivity index (χ4v) is 3.62. The molecule has 4 heteroatoms. The number of nitrogens with two attached hydrogens (primary N) is 1. The maximum absolute atomic E-state index is 5.90. The molecule has 1 fully saturated rings. The first-order valence-corrected chi connectivity index (χ1v) is 8.48. The van der Waals surface area contributed by atoms with Gasteiger partial charge in [0.25, 0.3) is 0 Å². The Hall–Kier alpha value is -0.740. The van der Waals surface area contributed by atoms with Crippen LogP contribution in [0.5, 0.6) is 0 Å². The fourth-order valence-electron chi connectivity index (χ4n) is 2.70. The normalized spacial score (nSPS) is 23.1. The highest BCUT2D eigenvalue weighted by atomic mass is 32.2. The summed E-state index contributed by atoms with van der Waals surface area (Å²) in [6.07, 6.45) is 7.15. The van der Waals surface area contributed by atoms with Gasteiger partial charge in [0, 0.05) is 22.2 Å². The van der Waals surface area contributed by atoms with E-state index in [0.717, 1.165) is 22.1 Å². The van der Waals surface area contributed by atoms with E-state index in [9.17, 15) is 0 Å². The Morgan fingerprint density at radius 3 is 2.58 bits per heavy atom. The van der Waals surface area contributed by atoms with Crippen LogP contribution in [-0.4, -0.2) is 17.3 Å². The van der Waals surface area contributed by atoms with Gasteiger partial charge in [-0.3, -0.25) is 0 Å². The van der Waals surface area contributed by atoms with Gasteiger partial charge in [-0.15, -0.1) is 11.8 Å². The Labute approximate surface area is 125 Å². The van der Waals surface area contributed by atoms with Crippen molar-refractivity contribution in [3.8, 4) is 0 Å². The van der Waals surface area contributed by atoms with Gasteiger partial charge in [-0.05, 0) is 50.0 Å². The summed E-state index contributed by atoms with van der Waals surface area (Å²) >= 11 is 6.91. The lowest BCUT2D eigenvalue weighted by molar-refractivity contribution is 0.361. The minimum absolute atomic E-state index is 0.483. The van der Waals surface area contributed by atoms with Crippen molar-refractivity contribution in [2.24, 2.45) is 11.7 Å². The molecule has 1 aromatic carbocycles. The molecule has 1 aliphatic rings. The molecule has 1 aliphatic carbocycles. The first kappa shape index (κ1) is 14.7. The van der Waals surface area contributed by atoms with E-state index in [-0.39, 0.29) is 0 Å². The lowest BCUT2D eigenvalue weighted by Crippen LogP contribution is -2.26. The molecule has 0 radical (unpaired) electrons. The van der Waals surface area contributed by atoms with Crippen LogP contribution in [0.1, 0.15) is 38.2 Å². The summed E-state index contributed by atoms with van der Waals surface area (Å²) in [4.78, 5) is 1.64. The van der Waals surface area contributed by atoms with Crippen LogP contribution in [0, 0.1) is 5.92 Å². The zero-order chi connectivity index (χ0) is 13.8. The van der Waals surface area contributed by atoms with Gasteiger partial charge in [0.15, 0.2) is 0 Å². The Bertz CT molecular complexity index is 451. The molecule has 0 atom stereocenters. The molecule has 0 unspecified atom stereocenters. The van der Waals surface area contributed by atoms with Crippen LogP contribution in [-0.2, 0) is 0 Å². The van der Waals surface area contributed by atoms with Crippen LogP contribution in [0.4, 0.5) is 5.69 Å². The molecule has 19 heavy (non-hydrogen) atoms. The van der Waals surface area contributed by atoms with Crippen molar-refractivity contribution in [2.75, 3.05) is 11.6 Å². The molecule has 0 bridgehead atoms. The number of hydrogen-bond donors (Lipinski definition) is 2. The zero-order valence-electron chi connectivity index (χ0n) is 11.6. The molecule has 1 aromatic rings. The maximum Gasteiger partial charge on any atom is 0.107 e. The topological polar surface area (TPSA) is 38.0 Å². The second-order valence-corrected chi connectivity index (χ2v) is 6.64. The first-order valence-electron chi connectivity index (χ1n) is 6.85. The highest BCUT2D eigenvalue weighted by Crippen LogP contribution is 2.31. The van der Waals surface area contributed by atoms with Gasteiger partial charge in [-0.25, -0.2) is 0 Å². The summed E-state index contributed by atoms with van der Waals surface area (Å²) < 4.78 is 0. The standard InChI is InChI=1S/C15H22N2S2/c1-10-6-8-11(9-7-10)17-12-4-3-5-13(19-2)14(12)15(16)18/h3-5,10-11,17H,6-9H2,1-2H3,(H2,16,18). The average Bonchev–Trinajstić information content (AvgIpc) is 2.40. The van der Waals surface area contributed by atoms with Gasteiger partial charge in [-0.2, -0.15) is 0 Å². The Morgan fingerprint density at radius 1 is 1.32 bits per heavy atom. The van der Waals surface area contributed by atoms with E-state index >= 15 is 0 Å². The maximum atomic E-state index is 5.90. The van der Waals surface area contributed by atoms with Crippen molar-refractivity contribution in [3.05, 3.63) is 23.8 Å². The summed E-state index contributed by atoms with van der Waals surface area (Å²) in [5.74, 6) is 0.866. The van der Waals surface area contributed by atoms with Crippen molar-refractivity contribution >= 4 is 34.7 Å². The quantitative estimate of drug-likeness (QED) is 0.649. The van der Waals surface area contributed by atoms with Crippen LogP contribution < -0.4 is 11.1 Å². The summed E-state index contributed by atoms with van der Waals surface area (Å²) in [6.45, 7) is 2.34. The molecule has 3 N–H and O–H groups in total. The minimum atomic E-state index is 0.483. The lowest BCUT2D eigenvalue weighted by Gasteiger charge is -2.28. The van der Waals surface area contributed by atoms with Crippen molar-refractivity contribution < 1.29 is 0 Å². The molecule has 2 rings (SSSR count). The number of anilines is 1. The van der Waals surface area contributed by atoms with Gasteiger partial charge in [0.05, 0.1) is 0 Å². The number of hydrogen-bond acceptors (Lipinski definition) is 3. The average molecular weight is 294 g/mol. The third kappa shape index (κ3) is 3.63. The molecule has 0 aromatic heterocycles. The number of benzene rings is 1. The first-order chi connectivity index (χ1) is 9.11. The summed E-state index contributed by atoms with van der Waals surface area (Å²) in [5, 5.41) is 3.65. The highest BCUT2D eigenvalue weighted by Gasteiger charge is 2.20. The van der Waals surface area contributed by atoms with Crippen LogP contribution in [0.3, 0.4) is 0 Å². The number of nitrogens with one attached hydrogen (secondary N) is 1. The second kappa shape index (κ2) is 6.62. The molecule has 0 aliphatic heterocycles. The number of rotatable bonds is 4. The molecule has 0 heterocycles. The third-order valence-electron chi connectivity index (χ3n) is 3.87. The molecule has 104 valence electrons.